The quantitative estimate of drug-likeness (QED) is 0.754. The molecular weight excluding hydrogens is 190 g/mol. The lowest BCUT2D eigenvalue weighted by molar-refractivity contribution is 0.371. The van der Waals surface area contributed by atoms with Gasteiger partial charge in [-0.1, -0.05) is 27.2 Å². The van der Waals surface area contributed by atoms with Crippen molar-refractivity contribution in [2.75, 3.05) is 5.75 Å². The van der Waals surface area contributed by atoms with Crippen LogP contribution in [0.5, 0.6) is 0 Å². The third-order valence-corrected chi connectivity index (χ3v) is 4.57. The average molecular weight is 215 g/mol. The van der Waals surface area contributed by atoms with Gasteiger partial charge in [0.15, 0.2) is 0 Å². The van der Waals surface area contributed by atoms with Gasteiger partial charge in [0, 0.05) is 17.3 Å². The molecule has 0 radical (unpaired) electrons. The van der Waals surface area contributed by atoms with Crippen molar-refractivity contribution < 1.29 is 0 Å². The van der Waals surface area contributed by atoms with Crippen LogP contribution >= 0.6 is 11.8 Å². The molecule has 0 bridgehead atoms. The Kier molecular flexibility index (Phi) is 5.95. The Labute approximate surface area is 93.4 Å². The molecule has 1 fully saturated rings. The summed E-state index contributed by atoms with van der Waals surface area (Å²) in [5.74, 6) is 1.36. The Morgan fingerprint density at radius 1 is 1.43 bits per heavy atom. The Balaban J connectivity index is 2.31. The van der Waals surface area contributed by atoms with E-state index in [0.29, 0.717) is 0 Å². The van der Waals surface area contributed by atoms with Gasteiger partial charge in [-0.15, -0.1) is 0 Å². The van der Waals surface area contributed by atoms with Gasteiger partial charge in [0.25, 0.3) is 0 Å². The summed E-state index contributed by atoms with van der Waals surface area (Å²) in [6.45, 7) is 6.96. The van der Waals surface area contributed by atoms with Crippen molar-refractivity contribution in [2.45, 2.75) is 70.2 Å². The zero-order valence-corrected chi connectivity index (χ0v) is 10.7. The van der Waals surface area contributed by atoms with Gasteiger partial charge in [0.05, 0.1) is 0 Å². The van der Waals surface area contributed by atoms with E-state index < -0.39 is 0 Å². The standard InChI is InChI=1S/C12H25NS/c1-4-7-11(5-2)13-12-8-6-9-14-10(12)3/h10-13H,4-9H2,1-3H3. The molecule has 2 heteroatoms. The van der Waals surface area contributed by atoms with Crippen LogP contribution in [0.15, 0.2) is 0 Å². The minimum atomic E-state index is 0.756. The third-order valence-electron chi connectivity index (χ3n) is 3.19. The van der Waals surface area contributed by atoms with Gasteiger partial charge in [0.1, 0.15) is 0 Å². The predicted octanol–water partition coefficient (Wildman–Crippen LogP) is 3.44. The number of nitrogens with one attached hydrogen (secondary N) is 1. The van der Waals surface area contributed by atoms with Crippen LogP contribution < -0.4 is 5.32 Å². The summed E-state index contributed by atoms with van der Waals surface area (Å²) in [7, 11) is 0. The van der Waals surface area contributed by atoms with E-state index in [4.69, 9.17) is 0 Å². The van der Waals surface area contributed by atoms with Gasteiger partial charge in [0.2, 0.25) is 0 Å². The third kappa shape index (κ3) is 3.82. The molecule has 0 aromatic heterocycles. The molecule has 1 aliphatic rings. The number of thioether (sulfide) groups is 1. The smallest absolute Gasteiger partial charge is 0.0186 e. The summed E-state index contributed by atoms with van der Waals surface area (Å²) in [5.41, 5.74) is 0. The van der Waals surface area contributed by atoms with Crippen molar-refractivity contribution in [3.8, 4) is 0 Å². The molecule has 1 saturated heterocycles. The maximum absolute atomic E-state index is 3.84. The van der Waals surface area contributed by atoms with Crippen molar-refractivity contribution in [2.24, 2.45) is 0 Å². The second kappa shape index (κ2) is 6.73. The Hall–Kier alpha value is 0.310. The van der Waals surface area contributed by atoms with E-state index in [9.17, 15) is 0 Å². The van der Waals surface area contributed by atoms with Crippen LogP contribution in [0, 0.1) is 0 Å². The van der Waals surface area contributed by atoms with Gasteiger partial charge < -0.3 is 5.32 Å². The molecule has 1 heterocycles. The topological polar surface area (TPSA) is 12.0 Å². The normalized spacial score (nSPS) is 30.2. The van der Waals surface area contributed by atoms with Crippen LogP contribution in [0.4, 0.5) is 0 Å². The molecule has 1 rings (SSSR count). The van der Waals surface area contributed by atoms with E-state index >= 15 is 0 Å². The highest BCUT2D eigenvalue weighted by Gasteiger charge is 2.23. The molecule has 3 unspecified atom stereocenters. The first-order valence-corrected chi connectivity index (χ1v) is 7.20. The van der Waals surface area contributed by atoms with Gasteiger partial charge in [-0.05, 0) is 31.4 Å². The maximum atomic E-state index is 3.84. The molecule has 1 nitrogen and oxygen atoms in total. The second-order valence-corrected chi connectivity index (χ2v) is 5.87. The fourth-order valence-corrected chi connectivity index (χ4v) is 3.35. The maximum Gasteiger partial charge on any atom is 0.0186 e. The van der Waals surface area contributed by atoms with Crippen LogP contribution in [0.1, 0.15) is 52.9 Å². The highest BCUT2D eigenvalue weighted by Crippen LogP contribution is 2.25. The lowest BCUT2D eigenvalue weighted by atomic mass is 10.0. The summed E-state index contributed by atoms with van der Waals surface area (Å²) < 4.78 is 0. The van der Waals surface area contributed by atoms with Crippen LogP contribution in [0.25, 0.3) is 0 Å². The van der Waals surface area contributed by atoms with E-state index in [2.05, 4.69) is 37.8 Å². The van der Waals surface area contributed by atoms with Crippen LogP contribution in [0.3, 0.4) is 0 Å². The molecule has 0 aliphatic carbocycles. The van der Waals surface area contributed by atoms with Crippen LogP contribution in [-0.4, -0.2) is 23.1 Å². The zero-order valence-electron chi connectivity index (χ0n) is 9.88. The SMILES string of the molecule is CCCC(CC)NC1CCCSC1C. The van der Waals surface area contributed by atoms with Gasteiger partial charge >= 0.3 is 0 Å². The average Bonchev–Trinajstić information content (AvgIpc) is 2.20. The van der Waals surface area contributed by atoms with Gasteiger partial charge in [-0.25, -0.2) is 0 Å². The molecular formula is C12H25NS. The summed E-state index contributed by atoms with van der Waals surface area (Å²) in [6, 6.07) is 1.52. The first kappa shape index (κ1) is 12.4. The van der Waals surface area contributed by atoms with E-state index in [1.165, 1.54) is 37.9 Å². The van der Waals surface area contributed by atoms with Crippen molar-refractivity contribution in [3.63, 3.8) is 0 Å². The molecule has 0 saturated carbocycles. The molecule has 0 spiro atoms. The minimum absolute atomic E-state index is 0.756. The molecule has 0 aromatic carbocycles. The Morgan fingerprint density at radius 3 is 2.79 bits per heavy atom. The second-order valence-electron chi connectivity index (χ2n) is 4.39. The number of rotatable bonds is 5. The highest BCUT2D eigenvalue weighted by atomic mass is 32.2. The molecule has 14 heavy (non-hydrogen) atoms. The van der Waals surface area contributed by atoms with Crippen molar-refractivity contribution in [1.29, 1.82) is 0 Å². The fraction of sp³-hybridized carbons (Fsp3) is 1.00. The van der Waals surface area contributed by atoms with E-state index in [1.54, 1.807) is 0 Å². The Bertz CT molecular complexity index is 149. The van der Waals surface area contributed by atoms with Crippen molar-refractivity contribution in [1.82, 2.24) is 5.32 Å². The summed E-state index contributed by atoms with van der Waals surface area (Å²) in [6.07, 6.45) is 6.70. The Morgan fingerprint density at radius 2 is 2.21 bits per heavy atom. The molecule has 0 aromatic rings. The van der Waals surface area contributed by atoms with Crippen molar-refractivity contribution >= 4 is 11.8 Å². The molecule has 3 atom stereocenters. The molecule has 84 valence electrons. The summed E-state index contributed by atoms with van der Waals surface area (Å²) in [5, 5.41) is 4.65. The largest absolute Gasteiger partial charge is 0.310 e. The summed E-state index contributed by atoms with van der Waals surface area (Å²) in [4.78, 5) is 0. The minimum Gasteiger partial charge on any atom is -0.310 e. The zero-order chi connectivity index (χ0) is 10.4. The van der Waals surface area contributed by atoms with Crippen LogP contribution in [0.2, 0.25) is 0 Å². The summed E-state index contributed by atoms with van der Waals surface area (Å²) >= 11 is 2.13. The molecule has 0 amide bonds. The monoisotopic (exact) mass is 215 g/mol. The number of hydrogen-bond acceptors (Lipinski definition) is 2. The van der Waals surface area contributed by atoms with Gasteiger partial charge in [-0.2, -0.15) is 11.8 Å². The highest BCUT2D eigenvalue weighted by molar-refractivity contribution is 7.99. The predicted molar refractivity (Wildman–Crippen MR) is 67.1 cm³/mol. The first-order chi connectivity index (χ1) is 6.77. The van der Waals surface area contributed by atoms with Crippen LogP contribution in [-0.2, 0) is 0 Å². The lowest BCUT2D eigenvalue weighted by Crippen LogP contribution is -2.44. The van der Waals surface area contributed by atoms with Crippen molar-refractivity contribution in [3.05, 3.63) is 0 Å². The van der Waals surface area contributed by atoms with E-state index in [-0.39, 0.29) is 0 Å². The van der Waals surface area contributed by atoms with Gasteiger partial charge in [-0.3, -0.25) is 0 Å². The fourth-order valence-electron chi connectivity index (χ4n) is 2.20. The first-order valence-electron chi connectivity index (χ1n) is 6.15. The van der Waals surface area contributed by atoms with E-state index in [0.717, 1.165) is 17.3 Å². The van der Waals surface area contributed by atoms with E-state index in [1.807, 2.05) is 0 Å². The molecule has 1 N–H and O–H groups in total. The lowest BCUT2D eigenvalue weighted by Gasteiger charge is -2.32. The molecule has 1 aliphatic heterocycles. The number of hydrogen-bond donors (Lipinski definition) is 1.